The van der Waals surface area contributed by atoms with Crippen molar-refractivity contribution in [1.29, 1.82) is 0 Å². The second-order valence-corrected chi connectivity index (χ2v) is 4.46. The summed E-state index contributed by atoms with van der Waals surface area (Å²) in [6, 6.07) is 8.73. The standard InChI is InChI=1S/C15H24N2/c1-4-6-7-12-17(3)14-10-8-13(9-11-14)15(16)5-2/h4,8-11,15H,1,5-7,12,16H2,2-3H3/t15-/m1/s1. The molecule has 0 aromatic heterocycles. The summed E-state index contributed by atoms with van der Waals surface area (Å²) in [6.45, 7) is 6.91. The van der Waals surface area contributed by atoms with Crippen molar-refractivity contribution in [3.63, 3.8) is 0 Å². The first-order valence-electron chi connectivity index (χ1n) is 6.36. The van der Waals surface area contributed by atoms with Crippen LogP contribution < -0.4 is 10.6 Å². The smallest absolute Gasteiger partial charge is 0.0363 e. The van der Waals surface area contributed by atoms with Crippen molar-refractivity contribution >= 4 is 5.69 Å². The van der Waals surface area contributed by atoms with Crippen molar-refractivity contribution < 1.29 is 0 Å². The van der Waals surface area contributed by atoms with Crippen molar-refractivity contribution in [2.45, 2.75) is 32.2 Å². The Bertz CT molecular complexity index is 329. The topological polar surface area (TPSA) is 29.3 Å². The van der Waals surface area contributed by atoms with E-state index in [0.717, 1.165) is 25.8 Å². The summed E-state index contributed by atoms with van der Waals surface area (Å²) in [5.74, 6) is 0. The van der Waals surface area contributed by atoms with Gasteiger partial charge in [0, 0.05) is 25.3 Å². The highest BCUT2D eigenvalue weighted by atomic mass is 15.1. The Kier molecular flexibility index (Phi) is 5.78. The van der Waals surface area contributed by atoms with Gasteiger partial charge >= 0.3 is 0 Å². The second-order valence-electron chi connectivity index (χ2n) is 4.46. The minimum Gasteiger partial charge on any atom is -0.375 e. The Morgan fingerprint density at radius 1 is 1.35 bits per heavy atom. The van der Waals surface area contributed by atoms with Gasteiger partial charge in [0.05, 0.1) is 0 Å². The second kappa shape index (κ2) is 7.13. The molecule has 0 radical (unpaired) electrons. The van der Waals surface area contributed by atoms with E-state index in [4.69, 9.17) is 5.73 Å². The molecule has 0 saturated carbocycles. The number of anilines is 1. The molecule has 0 heterocycles. The number of rotatable bonds is 7. The van der Waals surface area contributed by atoms with Crippen molar-refractivity contribution in [2.75, 3.05) is 18.5 Å². The van der Waals surface area contributed by atoms with Gasteiger partial charge in [-0.25, -0.2) is 0 Å². The third-order valence-electron chi connectivity index (χ3n) is 3.10. The lowest BCUT2D eigenvalue weighted by Crippen LogP contribution is -2.18. The van der Waals surface area contributed by atoms with Crippen molar-refractivity contribution in [3.05, 3.63) is 42.5 Å². The SMILES string of the molecule is C=CCCCN(C)c1ccc([C@H](N)CC)cc1. The van der Waals surface area contributed by atoms with Crippen LogP contribution in [0.25, 0.3) is 0 Å². The normalized spacial score (nSPS) is 12.2. The summed E-state index contributed by atoms with van der Waals surface area (Å²) in [7, 11) is 2.12. The largest absolute Gasteiger partial charge is 0.375 e. The predicted octanol–water partition coefficient (Wildman–Crippen LogP) is 3.50. The predicted molar refractivity (Wildman–Crippen MR) is 76.4 cm³/mol. The lowest BCUT2D eigenvalue weighted by atomic mass is 10.1. The molecular weight excluding hydrogens is 208 g/mol. The molecule has 0 aliphatic rings. The summed E-state index contributed by atoms with van der Waals surface area (Å²) in [6.07, 6.45) is 5.17. The molecule has 2 nitrogen and oxygen atoms in total. The van der Waals surface area contributed by atoms with E-state index in [-0.39, 0.29) is 6.04 Å². The van der Waals surface area contributed by atoms with Crippen LogP contribution in [-0.2, 0) is 0 Å². The lowest BCUT2D eigenvalue weighted by Gasteiger charge is -2.20. The summed E-state index contributed by atoms with van der Waals surface area (Å²) in [5.41, 5.74) is 8.46. The molecular formula is C15H24N2. The molecule has 2 N–H and O–H groups in total. The van der Waals surface area contributed by atoms with E-state index in [2.05, 4.69) is 49.7 Å². The zero-order chi connectivity index (χ0) is 12.7. The average Bonchev–Trinajstić information content (AvgIpc) is 2.38. The number of hydrogen-bond donors (Lipinski definition) is 1. The highest BCUT2D eigenvalue weighted by molar-refractivity contribution is 5.47. The molecule has 0 fully saturated rings. The first-order chi connectivity index (χ1) is 8.19. The number of nitrogens with two attached hydrogens (primary N) is 1. The molecule has 1 rings (SSSR count). The van der Waals surface area contributed by atoms with Gasteiger partial charge in [-0.3, -0.25) is 0 Å². The fraction of sp³-hybridized carbons (Fsp3) is 0.467. The molecule has 1 aromatic carbocycles. The van der Waals surface area contributed by atoms with E-state index < -0.39 is 0 Å². The Morgan fingerprint density at radius 2 is 2.00 bits per heavy atom. The molecule has 0 bridgehead atoms. The number of nitrogens with zero attached hydrogens (tertiary/aromatic N) is 1. The molecule has 94 valence electrons. The summed E-state index contributed by atoms with van der Waals surface area (Å²) in [5, 5.41) is 0. The quantitative estimate of drug-likeness (QED) is 0.576. The van der Waals surface area contributed by atoms with Gasteiger partial charge in [-0.15, -0.1) is 6.58 Å². The van der Waals surface area contributed by atoms with Crippen molar-refractivity contribution in [3.8, 4) is 0 Å². The number of benzene rings is 1. The number of allylic oxidation sites excluding steroid dienone is 1. The van der Waals surface area contributed by atoms with Crippen LogP contribution >= 0.6 is 0 Å². The van der Waals surface area contributed by atoms with E-state index in [1.54, 1.807) is 0 Å². The van der Waals surface area contributed by atoms with Crippen LogP contribution in [0.3, 0.4) is 0 Å². The van der Waals surface area contributed by atoms with Gasteiger partial charge in [0.1, 0.15) is 0 Å². The Hall–Kier alpha value is -1.28. The Balaban J connectivity index is 2.57. The van der Waals surface area contributed by atoms with Crippen LogP contribution in [0.15, 0.2) is 36.9 Å². The molecule has 0 unspecified atom stereocenters. The molecule has 0 aliphatic carbocycles. The summed E-state index contributed by atoms with van der Waals surface area (Å²) >= 11 is 0. The molecule has 0 spiro atoms. The van der Waals surface area contributed by atoms with Gasteiger partial charge in [-0.05, 0) is 37.0 Å². The molecule has 1 aromatic rings. The minimum absolute atomic E-state index is 0.162. The van der Waals surface area contributed by atoms with Crippen molar-refractivity contribution in [2.24, 2.45) is 5.73 Å². The zero-order valence-electron chi connectivity index (χ0n) is 11.0. The minimum atomic E-state index is 0.162. The van der Waals surface area contributed by atoms with Crippen LogP contribution in [0.1, 0.15) is 37.8 Å². The van der Waals surface area contributed by atoms with Crippen LogP contribution in [0.5, 0.6) is 0 Å². The zero-order valence-corrected chi connectivity index (χ0v) is 11.0. The van der Waals surface area contributed by atoms with Crippen LogP contribution in [0, 0.1) is 0 Å². The Morgan fingerprint density at radius 3 is 2.53 bits per heavy atom. The first-order valence-corrected chi connectivity index (χ1v) is 6.36. The number of unbranched alkanes of at least 4 members (excludes halogenated alkanes) is 1. The fourth-order valence-electron chi connectivity index (χ4n) is 1.81. The molecule has 1 atom stereocenters. The maximum atomic E-state index is 5.99. The third kappa shape index (κ3) is 4.23. The van der Waals surface area contributed by atoms with Gasteiger partial charge < -0.3 is 10.6 Å². The lowest BCUT2D eigenvalue weighted by molar-refractivity contribution is 0.698. The molecule has 2 heteroatoms. The van der Waals surface area contributed by atoms with Crippen LogP contribution in [-0.4, -0.2) is 13.6 Å². The first kappa shape index (κ1) is 13.8. The van der Waals surface area contributed by atoms with Crippen LogP contribution in [0.4, 0.5) is 5.69 Å². The summed E-state index contributed by atoms with van der Waals surface area (Å²) in [4.78, 5) is 2.27. The monoisotopic (exact) mass is 232 g/mol. The molecule has 0 saturated heterocycles. The maximum absolute atomic E-state index is 5.99. The third-order valence-corrected chi connectivity index (χ3v) is 3.10. The van der Waals surface area contributed by atoms with Gasteiger partial charge in [0.2, 0.25) is 0 Å². The van der Waals surface area contributed by atoms with Crippen LogP contribution in [0.2, 0.25) is 0 Å². The maximum Gasteiger partial charge on any atom is 0.0363 e. The van der Waals surface area contributed by atoms with E-state index in [0.29, 0.717) is 0 Å². The molecule has 0 aliphatic heterocycles. The highest BCUT2D eigenvalue weighted by Crippen LogP contribution is 2.19. The van der Waals surface area contributed by atoms with Gasteiger partial charge in [0.15, 0.2) is 0 Å². The number of hydrogen-bond acceptors (Lipinski definition) is 2. The molecule has 17 heavy (non-hydrogen) atoms. The van der Waals surface area contributed by atoms with Gasteiger partial charge in [-0.1, -0.05) is 25.1 Å². The van der Waals surface area contributed by atoms with Crippen molar-refractivity contribution in [1.82, 2.24) is 0 Å². The Labute approximate surface area is 105 Å². The van der Waals surface area contributed by atoms with E-state index >= 15 is 0 Å². The van der Waals surface area contributed by atoms with Gasteiger partial charge in [-0.2, -0.15) is 0 Å². The average molecular weight is 232 g/mol. The van der Waals surface area contributed by atoms with E-state index in [1.807, 2.05) is 6.08 Å². The fourth-order valence-corrected chi connectivity index (χ4v) is 1.81. The van der Waals surface area contributed by atoms with Gasteiger partial charge in [0.25, 0.3) is 0 Å². The summed E-state index contributed by atoms with van der Waals surface area (Å²) < 4.78 is 0. The molecule has 0 amide bonds. The highest BCUT2D eigenvalue weighted by Gasteiger charge is 2.04. The van der Waals surface area contributed by atoms with E-state index in [9.17, 15) is 0 Å². The van der Waals surface area contributed by atoms with E-state index in [1.165, 1.54) is 11.3 Å².